The third-order valence-electron chi connectivity index (χ3n) is 2.83. The van der Waals surface area contributed by atoms with Crippen LogP contribution >= 0.6 is 0 Å². The Hall–Kier alpha value is -2.34. The van der Waals surface area contributed by atoms with Crippen molar-refractivity contribution in [3.05, 3.63) is 48.0 Å². The molecule has 0 aliphatic heterocycles. The number of benzene rings is 2. The molecule has 2 rings (SSSR count). The molecule has 2 N–H and O–H groups in total. The van der Waals surface area contributed by atoms with Gasteiger partial charge in [-0.05, 0) is 41.5 Å². The van der Waals surface area contributed by atoms with Crippen molar-refractivity contribution in [2.24, 2.45) is 0 Å². The van der Waals surface area contributed by atoms with Gasteiger partial charge < -0.3 is 10.2 Å². The molecule has 0 bridgehead atoms. The zero-order chi connectivity index (χ0) is 14.9. The summed E-state index contributed by atoms with van der Waals surface area (Å²) in [6, 6.07) is 9.93. The molecule has 0 fully saturated rings. The molecule has 0 aliphatic rings. The molecule has 2 aromatic rings. The standard InChI is InChI=1S/C14H12O5S/c1-20(18,19)11-5-2-9(3-6-11)12-7-4-10(15)8-13(12)14(16)17/h2-8,15H,1H3,(H,16,17). The minimum Gasteiger partial charge on any atom is -0.508 e. The summed E-state index contributed by atoms with van der Waals surface area (Å²) in [5, 5.41) is 18.5. The second kappa shape index (κ2) is 4.97. The highest BCUT2D eigenvalue weighted by atomic mass is 32.2. The number of carboxylic acids is 1. The van der Waals surface area contributed by atoms with Gasteiger partial charge in [-0.15, -0.1) is 0 Å². The lowest BCUT2D eigenvalue weighted by molar-refractivity contribution is 0.0697. The van der Waals surface area contributed by atoms with Crippen molar-refractivity contribution >= 4 is 15.8 Å². The number of carboxylic acid groups (broad SMARTS) is 1. The average Bonchev–Trinajstić information content (AvgIpc) is 2.37. The predicted octanol–water partition coefficient (Wildman–Crippen LogP) is 2.16. The molecule has 6 heteroatoms. The number of hydrogen-bond donors (Lipinski definition) is 2. The summed E-state index contributed by atoms with van der Waals surface area (Å²) in [5.74, 6) is -1.30. The summed E-state index contributed by atoms with van der Waals surface area (Å²) >= 11 is 0. The lowest BCUT2D eigenvalue weighted by Crippen LogP contribution is -2.00. The first-order chi connectivity index (χ1) is 9.29. The summed E-state index contributed by atoms with van der Waals surface area (Å²) in [7, 11) is -3.29. The fourth-order valence-corrected chi connectivity index (χ4v) is 2.47. The zero-order valence-electron chi connectivity index (χ0n) is 10.6. The van der Waals surface area contributed by atoms with Crippen LogP contribution in [0.5, 0.6) is 5.75 Å². The highest BCUT2D eigenvalue weighted by molar-refractivity contribution is 7.90. The molecule has 0 aromatic heterocycles. The lowest BCUT2D eigenvalue weighted by atomic mass is 9.99. The molecule has 104 valence electrons. The highest BCUT2D eigenvalue weighted by Crippen LogP contribution is 2.28. The molecule has 0 radical (unpaired) electrons. The van der Waals surface area contributed by atoms with E-state index in [-0.39, 0.29) is 16.2 Å². The van der Waals surface area contributed by atoms with Gasteiger partial charge in [0.25, 0.3) is 0 Å². The van der Waals surface area contributed by atoms with Crippen LogP contribution < -0.4 is 0 Å². The maximum absolute atomic E-state index is 11.4. The smallest absolute Gasteiger partial charge is 0.336 e. The molecule has 0 spiro atoms. The Morgan fingerprint density at radius 3 is 2.15 bits per heavy atom. The number of aromatic carboxylic acids is 1. The van der Waals surface area contributed by atoms with E-state index >= 15 is 0 Å². The number of carbonyl (C=O) groups is 1. The predicted molar refractivity (Wildman–Crippen MR) is 73.6 cm³/mol. The highest BCUT2D eigenvalue weighted by Gasteiger charge is 2.13. The molecule has 0 aliphatic carbocycles. The number of hydrogen-bond acceptors (Lipinski definition) is 4. The number of sulfone groups is 1. The van der Waals surface area contributed by atoms with Crippen LogP contribution in [0.3, 0.4) is 0 Å². The number of phenolic OH excluding ortho intramolecular Hbond substituents is 1. The third-order valence-corrected chi connectivity index (χ3v) is 3.96. The molecule has 0 heterocycles. The number of rotatable bonds is 3. The van der Waals surface area contributed by atoms with Gasteiger partial charge in [0.1, 0.15) is 5.75 Å². The Kier molecular flexibility index (Phi) is 3.50. The quantitative estimate of drug-likeness (QED) is 0.904. The Labute approximate surface area is 116 Å². The molecule has 0 saturated heterocycles. The van der Waals surface area contributed by atoms with Crippen molar-refractivity contribution in [2.45, 2.75) is 4.90 Å². The van der Waals surface area contributed by atoms with Crippen molar-refractivity contribution in [3.8, 4) is 16.9 Å². The van der Waals surface area contributed by atoms with Gasteiger partial charge in [0, 0.05) is 6.26 Å². The second-order valence-corrected chi connectivity index (χ2v) is 6.35. The lowest BCUT2D eigenvalue weighted by Gasteiger charge is -2.07. The van der Waals surface area contributed by atoms with E-state index in [0.29, 0.717) is 11.1 Å². The van der Waals surface area contributed by atoms with E-state index in [4.69, 9.17) is 5.11 Å². The zero-order valence-corrected chi connectivity index (χ0v) is 11.4. The monoisotopic (exact) mass is 292 g/mol. The molecule has 0 amide bonds. The van der Waals surface area contributed by atoms with E-state index in [1.165, 1.54) is 36.4 Å². The van der Waals surface area contributed by atoms with E-state index in [0.717, 1.165) is 12.3 Å². The van der Waals surface area contributed by atoms with Gasteiger partial charge in [0.15, 0.2) is 9.84 Å². The van der Waals surface area contributed by atoms with Crippen molar-refractivity contribution < 1.29 is 23.4 Å². The summed E-state index contributed by atoms with van der Waals surface area (Å²) < 4.78 is 22.7. The van der Waals surface area contributed by atoms with Crippen LogP contribution in [0.25, 0.3) is 11.1 Å². The van der Waals surface area contributed by atoms with Gasteiger partial charge >= 0.3 is 5.97 Å². The van der Waals surface area contributed by atoms with Crippen LogP contribution in [0.4, 0.5) is 0 Å². The van der Waals surface area contributed by atoms with Crippen molar-refractivity contribution in [2.75, 3.05) is 6.26 Å². The van der Waals surface area contributed by atoms with Crippen LogP contribution in [0.1, 0.15) is 10.4 Å². The normalized spacial score (nSPS) is 11.2. The SMILES string of the molecule is CS(=O)(=O)c1ccc(-c2ccc(O)cc2C(=O)O)cc1. The van der Waals surface area contributed by atoms with E-state index in [1.807, 2.05) is 0 Å². The topological polar surface area (TPSA) is 91.7 Å². The molecule has 0 saturated carbocycles. The summed E-state index contributed by atoms with van der Waals surface area (Å²) in [5.41, 5.74) is 0.933. The minimum absolute atomic E-state index is 0.0443. The summed E-state index contributed by atoms with van der Waals surface area (Å²) in [4.78, 5) is 11.3. The van der Waals surface area contributed by atoms with Gasteiger partial charge in [0.05, 0.1) is 10.5 Å². The van der Waals surface area contributed by atoms with Gasteiger partial charge in [-0.3, -0.25) is 0 Å². The number of aromatic hydroxyl groups is 1. The summed E-state index contributed by atoms with van der Waals surface area (Å²) in [6.07, 6.45) is 1.10. The fourth-order valence-electron chi connectivity index (χ4n) is 1.84. The number of phenols is 1. The molecular weight excluding hydrogens is 280 g/mol. The van der Waals surface area contributed by atoms with Crippen LogP contribution in [0, 0.1) is 0 Å². The third kappa shape index (κ3) is 2.80. The van der Waals surface area contributed by atoms with E-state index in [1.54, 1.807) is 0 Å². The van der Waals surface area contributed by atoms with Gasteiger partial charge in [-0.1, -0.05) is 12.1 Å². The maximum atomic E-state index is 11.4. The molecule has 0 atom stereocenters. The van der Waals surface area contributed by atoms with Crippen molar-refractivity contribution in [1.29, 1.82) is 0 Å². The Morgan fingerprint density at radius 2 is 1.65 bits per heavy atom. The Bertz CT molecular complexity index is 761. The van der Waals surface area contributed by atoms with E-state index in [2.05, 4.69) is 0 Å². The molecule has 5 nitrogen and oxygen atoms in total. The Balaban J connectivity index is 2.55. The van der Waals surface area contributed by atoms with Crippen LogP contribution in [0.2, 0.25) is 0 Å². The van der Waals surface area contributed by atoms with Crippen LogP contribution in [-0.2, 0) is 9.84 Å². The molecule has 20 heavy (non-hydrogen) atoms. The van der Waals surface area contributed by atoms with Crippen LogP contribution in [-0.4, -0.2) is 30.9 Å². The second-order valence-electron chi connectivity index (χ2n) is 4.33. The van der Waals surface area contributed by atoms with Crippen LogP contribution in [0.15, 0.2) is 47.4 Å². The average molecular weight is 292 g/mol. The molecule has 2 aromatic carbocycles. The largest absolute Gasteiger partial charge is 0.508 e. The molecule has 0 unspecified atom stereocenters. The first-order valence-electron chi connectivity index (χ1n) is 5.66. The van der Waals surface area contributed by atoms with Gasteiger partial charge in [-0.25, -0.2) is 13.2 Å². The first kappa shape index (κ1) is 14.1. The fraction of sp³-hybridized carbons (Fsp3) is 0.0714. The maximum Gasteiger partial charge on any atom is 0.336 e. The van der Waals surface area contributed by atoms with E-state index < -0.39 is 15.8 Å². The molecular formula is C14H12O5S. The van der Waals surface area contributed by atoms with Crippen molar-refractivity contribution in [1.82, 2.24) is 0 Å². The van der Waals surface area contributed by atoms with E-state index in [9.17, 15) is 18.3 Å². The first-order valence-corrected chi connectivity index (χ1v) is 7.55. The summed E-state index contributed by atoms with van der Waals surface area (Å²) in [6.45, 7) is 0. The minimum atomic E-state index is -3.29. The van der Waals surface area contributed by atoms with Crippen molar-refractivity contribution in [3.63, 3.8) is 0 Å². The van der Waals surface area contributed by atoms with Gasteiger partial charge in [-0.2, -0.15) is 0 Å². The Morgan fingerprint density at radius 1 is 1.05 bits per heavy atom. The van der Waals surface area contributed by atoms with Gasteiger partial charge in [0.2, 0.25) is 0 Å².